The molecule has 0 bridgehead atoms. The molecule has 3 aromatic carbocycles. The second-order valence-electron chi connectivity index (χ2n) is 9.47. The fraction of sp³-hybridized carbons (Fsp3) is 0.345. The fourth-order valence-electron chi connectivity index (χ4n) is 5.49. The Labute approximate surface area is 197 Å². The standard InChI is InChI=1S/C29H33N3O/c1-30(2)26-13-8-12-24(21-26)29(33)31-18-16-25(17-19-31)32-20-15-22-9-6-7-14-27(22)28(32)23-10-4-3-5-11-23/h3-14,21,25,28H,15-20H2,1-2H3. The maximum Gasteiger partial charge on any atom is 0.253 e. The molecule has 0 aromatic heterocycles. The summed E-state index contributed by atoms with van der Waals surface area (Å²) < 4.78 is 0. The molecule has 2 aliphatic heterocycles. The summed E-state index contributed by atoms with van der Waals surface area (Å²) in [5.41, 5.74) is 6.12. The Morgan fingerprint density at radius 1 is 0.848 bits per heavy atom. The highest BCUT2D eigenvalue weighted by Gasteiger charge is 2.35. The zero-order chi connectivity index (χ0) is 22.8. The van der Waals surface area contributed by atoms with Crippen molar-refractivity contribution >= 4 is 11.6 Å². The number of piperidine rings is 1. The Bertz CT molecular complexity index is 1100. The molecule has 1 atom stereocenters. The van der Waals surface area contributed by atoms with Gasteiger partial charge in [0.2, 0.25) is 0 Å². The third-order valence-electron chi connectivity index (χ3n) is 7.27. The summed E-state index contributed by atoms with van der Waals surface area (Å²) in [6.45, 7) is 2.70. The number of rotatable bonds is 4. The Hall–Kier alpha value is -3.11. The minimum absolute atomic E-state index is 0.153. The summed E-state index contributed by atoms with van der Waals surface area (Å²) in [6, 6.07) is 28.6. The predicted molar refractivity (Wildman–Crippen MR) is 135 cm³/mol. The number of carbonyl (C=O) groups is 1. The van der Waals surface area contributed by atoms with Crippen molar-refractivity contribution in [2.24, 2.45) is 0 Å². The number of hydrogen-bond donors (Lipinski definition) is 0. The van der Waals surface area contributed by atoms with Gasteiger partial charge >= 0.3 is 0 Å². The summed E-state index contributed by atoms with van der Waals surface area (Å²) in [4.78, 5) is 20.0. The molecule has 1 fully saturated rings. The van der Waals surface area contributed by atoms with Crippen LogP contribution in [0.15, 0.2) is 78.9 Å². The molecule has 0 radical (unpaired) electrons. The van der Waals surface area contributed by atoms with Crippen LogP contribution < -0.4 is 4.90 Å². The van der Waals surface area contributed by atoms with E-state index in [-0.39, 0.29) is 5.91 Å². The lowest BCUT2D eigenvalue weighted by atomic mass is 9.85. The van der Waals surface area contributed by atoms with Crippen molar-refractivity contribution in [1.29, 1.82) is 0 Å². The Kier molecular flexibility index (Phi) is 6.19. The van der Waals surface area contributed by atoms with Crippen molar-refractivity contribution in [3.63, 3.8) is 0 Å². The van der Waals surface area contributed by atoms with E-state index in [1.54, 1.807) is 0 Å². The van der Waals surface area contributed by atoms with E-state index in [0.29, 0.717) is 12.1 Å². The van der Waals surface area contributed by atoms with Crippen molar-refractivity contribution in [2.75, 3.05) is 38.6 Å². The predicted octanol–water partition coefficient (Wildman–Crippen LogP) is 5.00. The lowest BCUT2D eigenvalue weighted by molar-refractivity contribution is 0.0554. The van der Waals surface area contributed by atoms with Crippen molar-refractivity contribution in [1.82, 2.24) is 9.80 Å². The molecule has 1 amide bonds. The van der Waals surface area contributed by atoms with E-state index in [0.717, 1.165) is 50.1 Å². The van der Waals surface area contributed by atoms with Gasteiger partial charge in [0.25, 0.3) is 5.91 Å². The van der Waals surface area contributed by atoms with Gasteiger partial charge in [0, 0.05) is 51.0 Å². The number of anilines is 1. The molecule has 170 valence electrons. The SMILES string of the molecule is CN(C)c1cccc(C(=O)N2CCC(N3CCc4ccccc4C3c3ccccc3)CC2)c1. The smallest absolute Gasteiger partial charge is 0.253 e. The van der Waals surface area contributed by atoms with Crippen molar-refractivity contribution in [3.8, 4) is 0 Å². The number of nitrogens with zero attached hydrogens (tertiary/aromatic N) is 3. The summed E-state index contributed by atoms with van der Waals surface area (Å²) in [6.07, 6.45) is 3.13. The summed E-state index contributed by atoms with van der Waals surface area (Å²) in [5.74, 6) is 0.153. The van der Waals surface area contributed by atoms with Gasteiger partial charge in [0.15, 0.2) is 0 Å². The number of amides is 1. The number of carbonyl (C=O) groups excluding carboxylic acids is 1. The normalized spacial score (nSPS) is 19.2. The molecule has 1 saturated heterocycles. The number of likely N-dealkylation sites (tertiary alicyclic amines) is 1. The summed E-state index contributed by atoms with van der Waals surface area (Å²) in [7, 11) is 4.02. The minimum Gasteiger partial charge on any atom is -0.378 e. The molecule has 0 aliphatic carbocycles. The first-order valence-corrected chi connectivity index (χ1v) is 12.1. The molecule has 2 aliphatic rings. The van der Waals surface area contributed by atoms with Crippen LogP contribution in [0.2, 0.25) is 0 Å². The average Bonchev–Trinajstić information content (AvgIpc) is 2.88. The van der Waals surface area contributed by atoms with Gasteiger partial charge in [-0.15, -0.1) is 0 Å². The maximum atomic E-state index is 13.2. The van der Waals surface area contributed by atoms with E-state index in [1.165, 1.54) is 16.7 Å². The first-order chi connectivity index (χ1) is 16.1. The van der Waals surface area contributed by atoms with E-state index in [4.69, 9.17) is 0 Å². The number of benzene rings is 3. The molecule has 1 unspecified atom stereocenters. The van der Waals surface area contributed by atoms with Gasteiger partial charge in [-0.2, -0.15) is 0 Å². The Morgan fingerprint density at radius 2 is 1.58 bits per heavy atom. The summed E-state index contributed by atoms with van der Waals surface area (Å²) in [5, 5.41) is 0. The highest BCUT2D eigenvalue weighted by molar-refractivity contribution is 5.95. The topological polar surface area (TPSA) is 26.8 Å². The number of fused-ring (bicyclic) bond motifs is 1. The van der Waals surface area contributed by atoms with Crippen LogP contribution >= 0.6 is 0 Å². The monoisotopic (exact) mass is 439 g/mol. The molecule has 4 nitrogen and oxygen atoms in total. The molecular weight excluding hydrogens is 406 g/mol. The van der Waals surface area contributed by atoms with E-state index in [2.05, 4.69) is 59.5 Å². The van der Waals surface area contributed by atoms with Crippen LogP contribution in [0.1, 0.15) is 45.9 Å². The van der Waals surface area contributed by atoms with E-state index in [9.17, 15) is 4.79 Å². The van der Waals surface area contributed by atoms with Crippen LogP contribution in [0.25, 0.3) is 0 Å². The zero-order valence-corrected chi connectivity index (χ0v) is 19.7. The van der Waals surface area contributed by atoms with Crippen LogP contribution in [-0.4, -0.2) is 55.5 Å². The second kappa shape index (κ2) is 9.40. The Balaban J connectivity index is 1.33. The molecule has 3 aromatic rings. The van der Waals surface area contributed by atoms with E-state index in [1.807, 2.05) is 48.2 Å². The molecule has 33 heavy (non-hydrogen) atoms. The third-order valence-corrected chi connectivity index (χ3v) is 7.27. The third kappa shape index (κ3) is 4.40. The molecule has 0 spiro atoms. The Morgan fingerprint density at radius 3 is 2.33 bits per heavy atom. The molecule has 5 rings (SSSR count). The van der Waals surface area contributed by atoms with Gasteiger partial charge in [0.05, 0.1) is 6.04 Å². The van der Waals surface area contributed by atoms with Crippen LogP contribution in [0.4, 0.5) is 5.69 Å². The number of hydrogen-bond acceptors (Lipinski definition) is 3. The molecular formula is C29H33N3O. The molecule has 0 saturated carbocycles. The highest BCUT2D eigenvalue weighted by atomic mass is 16.2. The quantitative estimate of drug-likeness (QED) is 0.572. The van der Waals surface area contributed by atoms with E-state index < -0.39 is 0 Å². The van der Waals surface area contributed by atoms with E-state index >= 15 is 0 Å². The van der Waals surface area contributed by atoms with Gasteiger partial charge in [-0.05, 0) is 54.2 Å². The summed E-state index contributed by atoms with van der Waals surface area (Å²) >= 11 is 0. The van der Waals surface area contributed by atoms with Crippen LogP contribution in [0, 0.1) is 0 Å². The van der Waals surface area contributed by atoms with Crippen LogP contribution in [0.3, 0.4) is 0 Å². The first kappa shape index (κ1) is 21.7. The lowest BCUT2D eigenvalue weighted by Crippen LogP contribution is -2.50. The molecule has 4 heteroatoms. The van der Waals surface area contributed by atoms with Gasteiger partial charge in [-0.1, -0.05) is 60.7 Å². The lowest BCUT2D eigenvalue weighted by Gasteiger charge is -2.45. The molecule has 0 N–H and O–H groups in total. The minimum atomic E-state index is 0.153. The average molecular weight is 440 g/mol. The molecule has 2 heterocycles. The second-order valence-corrected chi connectivity index (χ2v) is 9.47. The zero-order valence-electron chi connectivity index (χ0n) is 19.7. The van der Waals surface area contributed by atoms with Crippen LogP contribution in [-0.2, 0) is 6.42 Å². The maximum absolute atomic E-state index is 13.2. The van der Waals surface area contributed by atoms with Gasteiger partial charge < -0.3 is 9.80 Å². The fourth-order valence-corrected chi connectivity index (χ4v) is 5.49. The van der Waals surface area contributed by atoms with Gasteiger partial charge in [-0.25, -0.2) is 0 Å². The highest BCUT2D eigenvalue weighted by Crippen LogP contribution is 2.38. The van der Waals surface area contributed by atoms with Gasteiger partial charge in [0.1, 0.15) is 0 Å². The first-order valence-electron chi connectivity index (χ1n) is 12.1. The largest absolute Gasteiger partial charge is 0.378 e. The van der Waals surface area contributed by atoms with Crippen molar-refractivity contribution in [3.05, 3.63) is 101 Å². The van der Waals surface area contributed by atoms with Crippen LogP contribution in [0.5, 0.6) is 0 Å². The van der Waals surface area contributed by atoms with Gasteiger partial charge in [-0.3, -0.25) is 9.69 Å². The van der Waals surface area contributed by atoms with Crippen molar-refractivity contribution < 1.29 is 4.79 Å². The van der Waals surface area contributed by atoms with Crippen molar-refractivity contribution in [2.45, 2.75) is 31.3 Å².